The maximum Gasteiger partial charge on any atom is 0.306 e. The van der Waals surface area contributed by atoms with Gasteiger partial charge < -0.3 is 9.84 Å². The molecule has 108 valence electrons. The first kappa shape index (κ1) is 16.9. The van der Waals surface area contributed by atoms with Gasteiger partial charge in [-0.1, -0.05) is 24.6 Å². The average molecular weight is 396 g/mol. The van der Waals surface area contributed by atoms with Crippen molar-refractivity contribution in [3.63, 3.8) is 0 Å². The fourth-order valence-corrected chi connectivity index (χ4v) is 2.40. The molecule has 0 spiro atoms. The van der Waals surface area contributed by atoms with Gasteiger partial charge in [0.2, 0.25) is 0 Å². The van der Waals surface area contributed by atoms with E-state index >= 15 is 0 Å². The Bertz CT molecular complexity index is 336. The Morgan fingerprint density at radius 2 is 2.11 bits per heavy atom. The minimum Gasteiger partial charge on any atom is -0.459 e. The second-order valence-corrected chi connectivity index (χ2v) is 7.39. The summed E-state index contributed by atoms with van der Waals surface area (Å²) in [5.41, 5.74) is 0. The average Bonchev–Trinajstić information content (AvgIpc) is 2.78. The molecular formula is C14H20Br2O3. The van der Waals surface area contributed by atoms with Crippen LogP contribution in [0.3, 0.4) is 0 Å². The number of hydrogen-bond acceptors (Lipinski definition) is 3. The van der Waals surface area contributed by atoms with Crippen LogP contribution >= 0.6 is 31.9 Å². The van der Waals surface area contributed by atoms with Crippen molar-refractivity contribution in [2.24, 2.45) is 0 Å². The van der Waals surface area contributed by atoms with Crippen LogP contribution in [0.25, 0.3) is 0 Å². The van der Waals surface area contributed by atoms with Gasteiger partial charge in [-0.2, -0.15) is 0 Å². The van der Waals surface area contributed by atoms with Crippen LogP contribution in [0, 0.1) is 0 Å². The quantitative estimate of drug-likeness (QED) is 0.380. The monoisotopic (exact) mass is 394 g/mol. The van der Waals surface area contributed by atoms with Crippen molar-refractivity contribution >= 4 is 37.8 Å². The van der Waals surface area contributed by atoms with Gasteiger partial charge in [-0.05, 0) is 64.0 Å². The molecule has 0 aromatic rings. The van der Waals surface area contributed by atoms with Crippen LogP contribution in [0.15, 0.2) is 21.6 Å². The zero-order chi connectivity index (χ0) is 14.1. The van der Waals surface area contributed by atoms with Crippen LogP contribution in [-0.2, 0) is 9.53 Å². The standard InChI is InChI=1S/C14H20Br2O3/c15-13(16)8-6-4-2-1-3-5-7-11(17)12-9-10-14(18)19-12/h5,7-8,11-12,17H,1-4,6,9-10H2/b7-5+/t11-,12+/m0/s1. The number of carbonyl (C=O) groups excluding carboxylic acids is 1. The Morgan fingerprint density at radius 1 is 1.37 bits per heavy atom. The summed E-state index contributed by atoms with van der Waals surface area (Å²) in [5, 5.41) is 9.79. The van der Waals surface area contributed by atoms with E-state index in [-0.39, 0.29) is 12.1 Å². The molecule has 19 heavy (non-hydrogen) atoms. The summed E-state index contributed by atoms with van der Waals surface area (Å²) >= 11 is 6.65. The van der Waals surface area contributed by atoms with Crippen molar-refractivity contribution in [1.82, 2.24) is 0 Å². The number of allylic oxidation sites excluding steroid dienone is 2. The Balaban J connectivity index is 2.03. The second kappa shape index (κ2) is 9.72. The van der Waals surface area contributed by atoms with E-state index in [0.717, 1.165) is 29.1 Å². The molecule has 0 unspecified atom stereocenters. The predicted octanol–water partition coefficient (Wildman–Crippen LogP) is 4.19. The first-order chi connectivity index (χ1) is 9.09. The van der Waals surface area contributed by atoms with Crippen LogP contribution in [0.4, 0.5) is 0 Å². The van der Waals surface area contributed by atoms with Crippen LogP contribution in [0.1, 0.15) is 44.9 Å². The van der Waals surface area contributed by atoms with E-state index in [4.69, 9.17) is 4.74 Å². The molecular weight excluding hydrogens is 376 g/mol. The van der Waals surface area contributed by atoms with Gasteiger partial charge in [0, 0.05) is 6.42 Å². The first-order valence-electron chi connectivity index (χ1n) is 6.65. The lowest BCUT2D eigenvalue weighted by Crippen LogP contribution is -2.23. The van der Waals surface area contributed by atoms with Crippen molar-refractivity contribution in [3.8, 4) is 0 Å². The fourth-order valence-electron chi connectivity index (χ4n) is 1.94. The largest absolute Gasteiger partial charge is 0.459 e. The highest BCUT2D eigenvalue weighted by atomic mass is 79.9. The molecule has 0 amide bonds. The summed E-state index contributed by atoms with van der Waals surface area (Å²) in [6.45, 7) is 0. The molecule has 1 aliphatic heterocycles. The Morgan fingerprint density at radius 3 is 2.74 bits per heavy atom. The number of ether oxygens (including phenoxy) is 1. The fraction of sp³-hybridized carbons (Fsp3) is 0.643. The van der Waals surface area contributed by atoms with Gasteiger partial charge >= 0.3 is 5.97 Å². The maximum absolute atomic E-state index is 10.9. The lowest BCUT2D eigenvalue weighted by Gasteiger charge is -2.12. The third-order valence-corrected chi connectivity index (χ3v) is 3.65. The van der Waals surface area contributed by atoms with Gasteiger partial charge in [-0.25, -0.2) is 0 Å². The third kappa shape index (κ3) is 7.90. The van der Waals surface area contributed by atoms with Crippen molar-refractivity contribution < 1.29 is 14.6 Å². The molecule has 0 aromatic carbocycles. The summed E-state index contributed by atoms with van der Waals surface area (Å²) in [5.74, 6) is -0.205. The first-order valence-corrected chi connectivity index (χ1v) is 8.23. The smallest absolute Gasteiger partial charge is 0.306 e. The number of unbranched alkanes of at least 4 members (excludes halogenated alkanes) is 4. The molecule has 1 N–H and O–H groups in total. The third-order valence-electron chi connectivity index (χ3n) is 3.00. The van der Waals surface area contributed by atoms with E-state index in [1.807, 2.05) is 6.08 Å². The highest BCUT2D eigenvalue weighted by molar-refractivity contribution is 9.28. The number of aliphatic hydroxyl groups excluding tert-OH is 1. The number of carbonyl (C=O) groups is 1. The molecule has 1 rings (SSSR count). The summed E-state index contributed by atoms with van der Waals surface area (Å²) in [7, 11) is 0. The number of halogens is 2. The molecule has 0 saturated carbocycles. The summed E-state index contributed by atoms with van der Waals surface area (Å²) < 4.78 is 6.01. The number of cyclic esters (lactones) is 1. The number of esters is 1. The van der Waals surface area contributed by atoms with Gasteiger partial charge in [0.25, 0.3) is 0 Å². The molecule has 1 heterocycles. The Labute approximate surface area is 131 Å². The molecule has 0 aliphatic carbocycles. The van der Waals surface area contributed by atoms with Gasteiger partial charge in [0.15, 0.2) is 0 Å². The molecule has 2 atom stereocenters. The molecule has 1 aliphatic rings. The van der Waals surface area contributed by atoms with Crippen LogP contribution in [0.2, 0.25) is 0 Å². The molecule has 0 bridgehead atoms. The van der Waals surface area contributed by atoms with E-state index in [2.05, 4.69) is 37.9 Å². The topological polar surface area (TPSA) is 46.5 Å². The van der Waals surface area contributed by atoms with Gasteiger partial charge in [0.05, 0.1) is 3.39 Å². The molecule has 0 radical (unpaired) electrons. The van der Waals surface area contributed by atoms with Gasteiger partial charge in [-0.15, -0.1) is 0 Å². The van der Waals surface area contributed by atoms with E-state index < -0.39 is 6.10 Å². The van der Waals surface area contributed by atoms with Crippen LogP contribution < -0.4 is 0 Å². The summed E-state index contributed by atoms with van der Waals surface area (Å²) in [6, 6.07) is 0. The predicted molar refractivity (Wildman–Crippen MR) is 83.3 cm³/mol. The second-order valence-electron chi connectivity index (χ2n) is 4.62. The van der Waals surface area contributed by atoms with Gasteiger partial charge in [-0.3, -0.25) is 4.79 Å². The lowest BCUT2D eigenvalue weighted by molar-refractivity contribution is -0.144. The Hall–Kier alpha value is -0.130. The molecule has 5 heteroatoms. The van der Waals surface area contributed by atoms with Crippen molar-refractivity contribution in [3.05, 3.63) is 21.6 Å². The van der Waals surface area contributed by atoms with Crippen molar-refractivity contribution in [2.75, 3.05) is 0 Å². The number of rotatable bonds is 8. The molecule has 0 aromatic heterocycles. The van der Waals surface area contributed by atoms with Gasteiger partial charge in [0.1, 0.15) is 12.2 Å². The highest BCUT2D eigenvalue weighted by Gasteiger charge is 2.28. The number of hydrogen-bond donors (Lipinski definition) is 1. The highest BCUT2D eigenvalue weighted by Crippen LogP contribution is 2.18. The normalized spacial score (nSPS) is 20.6. The maximum atomic E-state index is 10.9. The minimum absolute atomic E-state index is 0.205. The molecule has 1 saturated heterocycles. The van der Waals surface area contributed by atoms with E-state index in [1.165, 1.54) is 6.42 Å². The zero-order valence-electron chi connectivity index (χ0n) is 10.9. The molecule has 1 fully saturated rings. The summed E-state index contributed by atoms with van der Waals surface area (Å²) in [4.78, 5) is 10.9. The zero-order valence-corrected chi connectivity index (χ0v) is 14.0. The lowest BCUT2D eigenvalue weighted by atomic mass is 10.1. The summed E-state index contributed by atoms with van der Waals surface area (Å²) in [6.07, 6.45) is 11.3. The molecule has 3 nitrogen and oxygen atoms in total. The van der Waals surface area contributed by atoms with E-state index in [1.54, 1.807) is 6.08 Å². The van der Waals surface area contributed by atoms with E-state index in [0.29, 0.717) is 12.8 Å². The van der Waals surface area contributed by atoms with Crippen LogP contribution in [-0.4, -0.2) is 23.3 Å². The number of aliphatic hydroxyl groups is 1. The van der Waals surface area contributed by atoms with Crippen molar-refractivity contribution in [1.29, 1.82) is 0 Å². The van der Waals surface area contributed by atoms with Crippen molar-refractivity contribution in [2.45, 2.75) is 57.2 Å². The Kier molecular flexibility index (Phi) is 8.66. The SMILES string of the molecule is O=C1CC[C@H]([C@@H](O)/C=C/CCCCCC=C(Br)Br)O1. The van der Waals surface area contributed by atoms with E-state index in [9.17, 15) is 9.90 Å². The minimum atomic E-state index is -0.654. The van der Waals surface area contributed by atoms with Crippen LogP contribution in [0.5, 0.6) is 0 Å².